The van der Waals surface area contributed by atoms with Crippen molar-refractivity contribution in [3.8, 4) is 5.75 Å². The largest absolute Gasteiger partial charge is 0.491 e. The van der Waals surface area contributed by atoms with Crippen LogP contribution in [-0.2, 0) is 6.42 Å². The summed E-state index contributed by atoms with van der Waals surface area (Å²) in [4.78, 5) is 17.6. The van der Waals surface area contributed by atoms with Crippen LogP contribution in [0.2, 0.25) is 5.15 Å². The highest BCUT2D eigenvalue weighted by atomic mass is 79.9. The van der Waals surface area contributed by atoms with Gasteiger partial charge in [0.15, 0.2) is 5.75 Å². The van der Waals surface area contributed by atoms with Crippen LogP contribution in [0.4, 0.5) is 10.6 Å². The van der Waals surface area contributed by atoms with E-state index < -0.39 is 11.6 Å². The van der Waals surface area contributed by atoms with Gasteiger partial charge >= 0.3 is 6.09 Å². The number of carbonyl (C=O) groups is 1. The number of ether oxygens (including phenoxy) is 1. The molecule has 0 radical (unpaired) electrons. The molecule has 8 heteroatoms. The van der Waals surface area contributed by atoms with Crippen LogP contribution in [-0.4, -0.2) is 28.3 Å². The quantitative estimate of drug-likeness (QED) is 0.635. The van der Waals surface area contributed by atoms with Crippen LogP contribution >= 0.6 is 38.9 Å². The summed E-state index contributed by atoms with van der Waals surface area (Å²) in [6.45, 7) is 6.10. The van der Waals surface area contributed by atoms with Gasteiger partial charge < -0.3 is 9.84 Å². The number of hydrogen-bond acceptors (Lipinski definition) is 4. The van der Waals surface area contributed by atoms with E-state index in [4.69, 9.17) is 16.3 Å². The number of pyridine rings is 1. The van der Waals surface area contributed by atoms with Gasteiger partial charge in [-0.25, -0.2) is 9.78 Å². The van der Waals surface area contributed by atoms with Crippen molar-refractivity contribution in [2.24, 2.45) is 0 Å². The maximum Gasteiger partial charge on any atom is 0.413 e. The van der Waals surface area contributed by atoms with Crippen LogP contribution in [0, 0.1) is 0 Å². The number of thiophene rings is 1. The second kappa shape index (κ2) is 5.79. The molecule has 0 unspecified atom stereocenters. The monoisotopic (exact) mass is 418 g/mol. The molecule has 1 aliphatic rings. The third kappa shape index (κ3) is 2.79. The number of rotatable bonds is 1. The van der Waals surface area contributed by atoms with Gasteiger partial charge in [-0.3, -0.25) is 4.90 Å². The van der Waals surface area contributed by atoms with E-state index in [1.165, 1.54) is 16.2 Å². The molecule has 3 heterocycles. The fraction of sp³-hybridized carbons (Fsp3) is 0.467. The predicted octanol–water partition coefficient (Wildman–Crippen LogP) is 5.32. The minimum absolute atomic E-state index is 0.303. The Morgan fingerprint density at radius 1 is 1.48 bits per heavy atom. The van der Waals surface area contributed by atoms with Crippen molar-refractivity contribution < 1.29 is 14.6 Å². The van der Waals surface area contributed by atoms with E-state index in [1.54, 1.807) is 0 Å². The normalized spacial score (nSPS) is 14.5. The lowest BCUT2D eigenvalue weighted by molar-refractivity contribution is 0.195. The van der Waals surface area contributed by atoms with E-state index in [0.29, 0.717) is 24.0 Å². The van der Waals surface area contributed by atoms with E-state index in [1.807, 2.05) is 20.8 Å². The van der Waals surface area contributed by atoms with Crippen molar-refractivity contribution in [1.82, 2.24) is 4.98 Å². The van der Waals surface area contributed by atoms with Crippen molar-refractivity contribution in [2.45, 2.75) is 39.2 Å². The number of hydrogen-bond donors (Lipinski definition) is 1. The van der Waals surface area contributed by atoms with Crippen molar-refractivity contribution >= 4 is 60.9 Å². The zero-order chi connectivity index (χ0) is 16.9. The summed E-state index contributed by atoms with van der Waals surface area (Å²) in [6, 6.07) is 0. The van der Waals surface area contributed by atoms with Crippen molar-refractivity contribution in [1.29, 1.82) is 0 Å². The lowest BCUT2D eigenvalue weighted by Crippen LogP contribution is -2.46. The van der Waals surface area contributed by atoms with Gasteiger partial charge in [-0.05, 0) is 49.5 Å². The predicted molar refractivity (Wildman–Crippen MR) is 96.4 cm³/mol. The van der Waals surface area contributed by atoms with E-state index in [-0.39, 0.29) is 0 Å². The molecule has 0 aliphatic carbocycles. The van der Waals surface area contributed by atoms with E-state index >= 15 is 0 Å². The highest BCUT2D eigenvalue weighted by molar-refractivity contribution is 9.11. The molecule has 0 saturated carbocycles. The van der Waals surface area contributed by atoms with Gasteiger partial charge in [0, 0.05) is 16.5 Å². The second-order valence-electron chi connectivity index (χ2n) is 6.35. The zero-order valence-corrected chi connectivity index (χ0v) is 16.1. The average Bonchev–Trinajstić information content (AvgIpc) is 2.62. The molecule has 3 rings (SSSR count). The number of amides is 1. The molecule has 1 aliphatic heterocycles. The lowest BCUT2D eigenvalue weighted by Gasteiger charge is -2.33. The van der Waals surface area contributed by atoms with Crippen LogP contribution in [0.15, 0.2) is 3.79 Å². The number of anilines is 1. The number of nitrogens with zero attached hydrogens (tertiary/aromatic N) is 2. The van der Waals surface area contributed by atoms with Crippen molar-refractivity contribution in [3.05, 3.63) is 14.5 Å². The van der Waals surface area contributed by atoms with Crippen LogP contribution in [0.25, 0.3) is 10.1 Å². The topological polar surface area (TPSA) is 62.7 Å². The Hall–Kier alpha value is -1.05. The van der Waals surface area contributed by atoms with Gasteiger partial charge in [-0.1, -0.05) is 11.6 Å². The number of halogens is 2. The van der Waals surface area contributed by atoms with Gasteiger partial charge in [0.2, 0.25) is 0 Å². The fourth-order valence-electron chi connectivity index (χ4n) is 2.80. The SMILES string of the molecule is CC(C)(C)N(C(=O)O)c1nc(Cl)c2sc(Br)c3c2c1CCCO3. The Labute approximate surface area is 151 Å². The molecule has 2 aromatic rings. The molecule has 0 fully saturated rings. The summed E-state index contributed by atoms with van der Waals surface area (Å²) in [5.41, 5.74) is 0.253. The highest BCUT2D eigenvalue weighted by Gasteiger charge is 2.34. The molecular formula is C15H16BrClN2O3S. The third-order valence-electron chi connectivity index (χ3n) is 3.68. The Balaban J connectivity index is 2.37. The summed E-state index contributed by atoms with van der Waals surface area (Å²) in [6.07, 6.45) is 0.457. The summed E-state index contributed by atoms with van der Waals surface area (Å²) in [7, 11) is 0. The van der Waals surface area contributed by atoms with Crippen molar-refractivity contribution in [2.75, 3.05) is 11.5 Å². The molecule has 2 aromatic heterocycles. The van der Waals surface area contributed by atoms with Crippen LogP contribution < -0.4 is 9.64 Å². The molecule has 1 N–H and O–H groups in total. The molecule has 5 nitrogen and oxygen atoms in total. The molecule has 124 valence electrons. The summed E-state index contributed by atoms with van der Waals surface area (Å²) in [5.74, 6) is 1.14. The summed E-state index contributed by atoms with van der Waals surface area (Å²) >= 11 is 11.3. The standard InChI is InChI=1S/C15H16BrClN2O3S/c1-15(2,3)19(14(20)21)13-7-5-4-6-22-9-8(7)10(12(17)18-13)23-11(9)16/h4-6H2,1-3H3,(H,20,21). The van der Waals surface area contributed by atoms with Gasteiger partial charge in [-0.15, -0.1) is 11.3 Å². The Morgan fingerprint density at radius 2 is 2.17 bits per heavy atom. The van der Waals surface area contributed by atoms with Gasteiger partial charge in [-0.2, -0.15) is 0 Å². The van der Waals surface area contributed by atoms with E-state index in [9.17, 15) is 9.90 Å². The first-order chi connectivity index (χ1) is 10.7. The fourth-order valence-corrected chi connectivity index (χ4v) is 4.77. The minimum atomic E-state index is -1.04. The van der Waals surface area contributed by atoms with Gasteiger partial charge in [0.1, 0.15) is 14.8 Å². The van der Waals surface area contributed by atoms with Gasteiger partial charge in [0.25, 0.3) is 0 Å². The van der Waals surface area contributed by atoms with Crippen LogP contribution in [0.1, 0.15) is 32.8 Å². The van der Waals surface area contributed by atoms with Crippen LogP contribution in [0.3, 0.4) is 0 Å². The highest BCUT2D eigenvalue weighted by Crippen LogP contribution is 2.49. The first kappa shape index (κ1) is 16.8. The summed E-state index contributed by atoms with van der Waals surface area (Å²) < 4.78 is 7.52. The molecule has 0 aromatic carbocycles. The second-order valence-corrected chi connectivity index (χ2v) is 9.05. The Morgan fingerprint density at radius 3 is 2.78 bits per heavy atom. The number of aryl methyl sites for hydroxylation is 1. The number of carboxylic acid groups (broad SMARTS) is 1. The minimum Gasteiger partial charge on any atom is -0.491 e. The molecule has 0 bridgehead atoms. The molecular weight excluding hydrogens is 404 g/mol. The van der Waals surface area contributed by atoms with E-state index in [0.717, 1.165) is 31.6 Å². The smallest absolute Gasteiger partial charge is 0.413 e. The first-order valence-corrected chi connectivity index (χ1v) is 9.17. The Bertz CT molecular complexity index is 800. The third-order valence-corrected chi connectivity index (χ3v) is 5.88. The van der Waals surface area contributed by atoms with Crippen LogP contribution in [0.5, 0.6) is 5.75 Å². The Kier molecular flexibility index (Phi) is 4.23. The van der Waals surface area contributed by atoms with Crippen molar-refractivity contribution in [3.63, 3.8) is 0 Å². The first-order valence-electron chi connectivity index (χ1n) is 7.18. The molecule has 0 spiro atoms. The maximum absolute atomic E-state index is 11.9. The molecule has 0 saturated heterocycles. The maximum atomic E-state index is 11.9. The molecule has 0 atom stereocenters. The molecule has 23 heavy (non-hydrogen) atoms. The summed E-state index contributed by atoms with van der Waals surface area (Å²) in [5, 5.41) is 10.9. The number of aromatic nitrogens is 1. The zero-order valence-electron chi connectivity index (χ0n) is 12.9. The van der Waals surface area contributed by atoms with E-state index in [2.05, 4.69) is 20.9 Å². The lowest BCUT2D eigenvalue weighted by atomic mass is 10.0. The van der Waals surface area contributed by atoms with Gasteiger partial charge in [0.05, 0.1) is 11.3 Å². The average molecular weight is 420 g/mol. The molecule has 1 amide bonds.